The van der Waals surface area contributed by atoms with Gasteiger partial charge in [0.05, 0.1) is 23.4 Å². The summed E-state index contributed by atoms with van der Waals surface area (Å²) in [4.78, 5) is 16.2. The lowest BCUT2D eigenvalue weighted by molar-refractivity contribution is -0.119. The number of methoxy groups -OCH3 is 1. The van der Waals surface area contributed by atoms with Gasteiger partial charge in [0.1, 0.15) is 6.33 Å². The second-order valence-corrected chi connectivity index (χ2v) is 5.62. The van der Waals surface area contributed by atoms with Gasteiger partial charge < -0.3 is 14.6 Å². The summed E-state index contributed by atoms with van der Waals surface area (Å²) >= 11 is 1.40. The molecule has 0 aliphatic rings. The summed E-state index contributed by atoms with van der Waals surface area (Å²) in [5, 5.41) is 11.7. The molecule has 0 saturated heterocycles. The van der Waals surface area contributed by atoms with Gasteiger partial charge in [-0.25, -0.2) is 4.98 Å². The highest BCUT2D eigenvalue weighted by molar-refractivity contribution is 7.99. The zero-order valence-electron chi connectivity index (χ0n) is 12.6. The molecule has 2 aromatic heterocycles. The summed E-state index contributed by atoms with van der Waals surface area (Å²) in [5.74, 6) is 0.964. The van der Waals surface area contributed by atoms with Gasteiger partial charge in [0.15, 0.2) is 5.82 Å². The van der Waals surface area contributed by atoms with E-state index in [9.17, 15) is 4.79 Å². The zero-order chi connectivity index (χ0) is 15.8. The van der Waals surface area contributed by atoms with Crippen molar-refractivity contribution in [2.45, 2.75) is 24.5 Å². The van der Waals surface area contributed by atoms with Crippen molar-refractivity contribution in [3.8, 4) is 0 Å². The molecule has 1 N–H and O–H groups in total. The molecule has 0 fully saturated rings. The van der Waals surface area contributed by atoms with Crippen molar-refractivity contribution >= 4 is 17.7 Å². The Morgan fingerprint density at radius 2 is 2.36 bits per heavy atom. The van der Waals surface area contributed by atoms with E-state index in [1.165, 1.54) is 11.8 Å². The van der Waals surface area contributed by atoms with Crippen molar-refractivity contribution < 1.29 is 9.53 Å². The first-order valence-corrected chi connectivity index (χ1v) is 7.89. The SMILES string of the molecule is COCCn1cnnc1[C@@H](C)NC(=O)CSc1ccccn1. The summed E-state index contributed by atoms with van der Waals surface area (Å²) in [6.45, 7) is 3.11. The average molecular weight is 321 g/mol. The molecule has 8 heteroatoms. The predicted molar refractivity (Wildman–Crippen MR) is 83.4 cm³/mol. The summed E-state index contributed by atoms with van der Waals surface area (Å²) in [7, 11) is 1.64. The lowest BCUT2D eigenvalue weighted by Gasteiger charge is -2.14. The third-order valence-electron chi connectivity index (χ3n) is 2.94. The number of pyridine rings is 1. The number of nitrogens with one attached hydrogen (secondary N) is 1. The molecule has 0 aromatic carbocycles. The maximum atomic E-state index is 12.0. The third kappa shape index (κ3) is 4.81. The average Bonchev–Trinajstić information content (AvgIpc) is 3.00. The van der Waals surface area contributed by atoms with Crippen LogP contribution in [0.1, 0.15) is 18.8 Å². The molecule has 2 aromatic rings. The molecule has 2 heterocycles. The third-order valence-corrected chi connectivity index (χ3v) is 3.88. The van der Waals surface area contributed by atoms with Gasteiger partial charge in [0, 0.05) is 19.9 Å². The lowest BCUT2D eigenvalue weighted by Crippen LogP contribution is -2.30. The van der Waals surface area contributed by atoms with Crippen LogP contribution in [0.15, 0.2) is 35.7 Å². The van der Waals surface area contributed by atoms with E-state index in [2.05, 4.69) is 20.5 Å². The second kappa shape index (κ2) is 8.50. The van der Waals surface area contributed by atoms with Crippen LogP contribution in [0.5, 0.6) is 0 Å². The van der Waals surface area contributed by atoms with Gasteiger partial charge in [0.25, 0.3) is 0 Å². The number of aromatic nitrogens is 4. The minimum absolute atomic E-state index is 0.0653. The quantitative estimate of drug-likeness (QED) is 0.738. The maximum Gasteiger partial charge on any atom is 0.230 e. The molecule has 0 saturated carbocycles. The molecule has 22 heavy (non-hydrogen) atoms. The van der Waals surface area contributed by atoms with Crippen LogP contribution < -0.4 is 5.32 Å². The molecular weight excluding hydrogens is 302 g/mol. The number of nitrogens with zero attached hydrogens (tertiary/aromatic N) is 4. The molecule has 1 amide bonds. The minimum atomic E-state index is -0.212. The normalized spacial score (nSPS) is 12.1. The van der Waals surface area contributed by atoms with Crippen LogP contribution in [0.25, 0.3) is 0 Å². The first-order valence-electron chi connectivity index (χ1n) is 6.90. The first-order chi connectivity index (χ1) is 10.7. The van der Waals surface area contributed by atoms with E-state index in [0.717, 1.165) is 5.03 Å². The van der Waals surface area contributed by atoms with E-state index < -0.39 is 0 Å². The first kappa shape index (κ1) is 16.4. The van der Waals surface area contributed by atoms with Crippen molar-refractivity contribution in [2.75, 3.05) is 19.5 Å². The highest BCUT2D eigenvalue weighted by atomic mass is 32.2. The summed E-state index contributed by atoms with van der Waals surface area (Å²) in [5.41, 5.74) is 0. The fraction of sp³-hybridized carbons (Fsp3) is 0.429. The Bertz CT molecular complexity index is 590. The van der Waals surface area contributed by atoms with E-state index in [-0.39, 0.29) is 11.9 Å². The van der Waals surface area contributed by atoms with Crippen LogP contribution >= 0.6 is 11.8 Å². The van der Waals surface area contributed by atoms with E-state index in [4.69, 9.17) is 4.74 Å². The van der Waals surface area contributed by atoms with Crippen molar-refractivity contribution in [1.29, 1.82) is 0 Å². The molecule has 0 aliphatic heterocycles. The Hall–Kier alpha value is -1.93. The van der Waals surface area contributed by atoms with Gasteiger partial charge in [0.2, 0.25) is 5.91 Å². The highest BCUT2D eigenvalue weighted by Gasteiger charge is 2.15. The van der Waals surface area contributed by atoms with E-state index in [1.807, 2.05) is 29.7 Å². The molecular formula is C14H19N5O2S. The summed E-state index contributed by atoms with van der Waals surface area (Å²) < 4.78 is 6.92. The molecule has 118 valence electrons. The van der Waals surface area contributed by atoms with Gasteiger partial charge in [-0.05, 0) is 19.1 Å². The summed E-state index contributed by atoms with van der Waals surface area (Å²) in [6.07, 6.45) is 3.35. The number of rotatable bonds is 8. The lowest BCUT2D eigenvalue weighted by atomic mass is 10.3. The van der Waals surface area contributed by atoms with Crippen LogP contribution in [0, 0.1) is 0 Å². The van der Waals surface area contributed by atoms with E-state index in [0.29, 0.717) is 24.7 Å². The van der Waals surface area contributed by atoms with Gasteiger partial charge >= 0.3 is 0 Å². The standard InChI is InChI=1S/C14H19N5O2S/c1-11(14-18-16-10-19(14)7-8-21-2)17-12(20)9-22-13-5-3-4-6-15-13/h3-6,10-11H,7-9H2,1-2H3,(H,17,20)/t11-/m1/s1. The van der Waals surface area contributed by atoms with Gasteiger partial charge in [-0.15, -0.1) is 10.2 Å². The fourth-order valence-corrected chi connectivity index (χ4v) is 2.55. The van der Waals surface area contributed by atoms with Crippen molar-refractivity contribution in [3.05, 3.63) is 36.5 Å². The number of carbonyl (C=O) groups is 1. The Labute approximate surface area is 133 Å². The smallest absolute Gasteiger partial charge is 0.230 e. The molecule has 0 radical (unpaired) electrons. The molecule has 0 aliphatic carbocycles. The highest BCUT2D eigenvalue weighted by Crippen LogP contribution is 2.14. The van der Waals surface area contributed by atoms with Crippen molar-refractivity contribution in [2.24, 2.45) is 0 Å². The topological polar surface area (TPSA) is 81.9 Å². The Morgan fingerprint density at radius 3 is 3.09 bits per heavy atom. The fourth-order valence-electron chi connectivity index (χ4n) is 1.88. The van der Waals surface area contributed by atoms with E-state index in [1.54, 1.807) is 19.6 Å². The van der Waals surface area contributed by atoms with Crippen LogP contribution in [0.4, 0.5) is 0 Å². The van der Waals surface area contributed by atoms with Crippen molar-refractivity contribution in [1.82, 2.24) is 25.1 Å². The van der Waals surface area contributed by atoms with Crippen LogP contribution in [-0.4, -0.2) is 45.1 Å². The number of amides is 1. The second-order valence-electron chi connectivity index (χ2n) is 4.62. The molecule has 2 rings (SSSR count). The number of hydrogen-bond acceptors (Lipinski definition) is 6. The minimum Gasteiger partial charge on any atom is -0.383 e. The van der Waals surface area contributed by atoms with Crippen molar-refractivity contribution in [3.63, 3.8) is 0 Å². The maximum absolute atomic E-state index is 12.0. The molecule has 0 spiro atoms. The number of thioether (sulfide) groups is 1. The molecule has 0 unspecified atom stereocenters. The Kier molecular flexibility index (Phi) is 6.35. The zero-order valence-corrected chi connectivity index (χ0v) is 13.4. The number of carbonyl (C=O) groups excluding carboxylic acids is 1. The number of ether oxygens (including phenoxy) is 1. The van der Waals surface area contributed by atoms with Crippen LogP contribution in [0.3, 0.4) is 0 Å². The molecule has 7 nitrogen and oxygen atoms in total. The summed E-state index contributed by atoms with van der Waals surface area (Å²) in [6, 6.07) is 5.41. The number of hydrogen-bond donors (Lipinski definition) is 1. The Balaban J connectivity index is 1.84. The monoisotopic (exact) mass is 321 g/mol. The van der Waals surface area contributed by atoms with Crippen LogP contribution in [-0.2, 0) is 16.1 Å². The largest absolute Gasteiger partial charge is 0.383 e. The van der Waals surface area contributed by atoms with Gasteiger partial charge in [-0.3, -0.25) is 4.79 Å². The Morgan fingerprint density at radius 1 is 1.50 bits per heavy atom. The van der Waals surface area contributed by atoms with Crippen LogP contribution in [0.2, 0.25) is 0 Å². The van der Waals surface area contributed by atoms with E-state index >= 15 is 0 Å². The molecule has 0 bridgehead atoms. The van der Waals surface area contributed by atoms with Gasteiger partial charge in [-0.1, -0.05) is 17.8 Å². The predicted octanol–water partition coefficient (Wildman–Crippen LogP) is 1.29. The van der Waals surface area contributed by atoms with Gasteiger partial charge in [-0.2, -0.15) is 0 Å². The molecule has 1 atom stereocenters.